The van der Waals surface area contributed by atoms with E-state index >= 15 is 0 Å². The highest BCUT2D eigenvalue weighted by Crippen LogP contribution is 2.46. The topological polar surface area (TPSA) is 26.0 Å². The number of rotatable bonds is 4. The van der Waals surface area contributed by atoms with Crippen molar-refractivity contribution in [2.45, 2.75) is 71.3 Å². The van der Waals surface area contributed by atoms with Crippen LogP contribution in [0, 0.1) is 5.41 Å². The minimum absolute atomic E-state index is 0.189. The minimum Gasteiger partial charge on any atom is -0.323 e. The zero-order chi connectivity index (χ0) is 14.1. The van der Waals surface area contributed by atoms with Gasteiger partial charge in [0.05, 0.1) is 0 Å². The average Bonchev–Trinajstić information content (AvgIpc) is 2.86. The third-order valence-electron chi connectivity index (χ3n) is 5.43. The van der Waals surface area contributed by atoms with Crippen LogP contribution in [0.3, 0.4) is 0 Å². The lowest BCUT2D eigenvalue weighted by Gasteiger charge is -2.32. The van der Waals surface area contributed by atoms with E-state index < -0.39 is 0 Å². The van der Waals surface area contributed by atoms with Crippen molar-refractivity contribution in [1.82, 2.24) is 0 Å². The fourth-order valence-electron chi connectivity index (χ4n) is 3.24. The third-order valence-corrected chi connectivity index (χ3v) is 5.43. The van der Waals surface area contributed by atoms with Crippen LogP contribution in [-0.2, 0) is 5.41 Å². The van der Waals surface area contributed by atoms with E-state index in [0.29, 0.717) is 5.41 Å². The van der Waals surface area contributed by atoms with Gasteiger partial charge in [-0.3, -0.25) is 0 Å². The van der Waals surface area contributed by atoms with E-state index in [1.54, 1.807) is 0 Å². The summed E-state index contributed by atoms with van der Waals surface area (Å²) in [4.78, 5) is 0. The molecular formula is C18H29N. The van der Waals surface area contributed by atoms with E-state index in [2.05, 4.69) is 52.0 Å². The molecule has 1 aromatic rings. The van der Waals surface area contributed by atoms with Crippen molar-refractivity contribution in [1.29, 1.82) is 0 Å². The Morgan fingerprint density at radius 2 is 1.68 bits per heavy atom. The normalized spacial score (nSPS) is 20.5. The summed E-state index contributed by atoms with van der Waals surface area (Å²) in [5, 5.41) is 0. The molecule has 0 radical (unpaired) electrons. The molecule has 1 saturated carbocycles. The van der Waals surface area contributed by atoms with Gasteiger partial charge in [0.15, 0.2) is 0 Å². The summed E-state index contributed by atoms with van der Waals surface area (Å²) in [6.07, 6.45) is 6.39. The van der Waals surface area contributed by atoms with Crippen LogP contribution in [0.1, 0.15) is 77.0 Å². The van der Waals surface area contributed by atoms with Gasteiger partial charge in [-0.15, -0.1) is 0 Å². The molecule has 2 rings (SSSR count). The molecule has 2 N–H and O–H groups in total. The van der Waals surface area contributed by atoms with Crippen molar-refractivity contribution in [2.24, 2.45) is 11.1 Å². The molecule has 1 aliphatic rings. The van der Waals surface area contributed by atoms with E-state index in [4.69, 9.17) is 5.73 Å². The second-order valence-electron chi connectivity index (χ2n) is 7.20. The highest BCUT2D eigenvalue weighted by molar-refractivity contribution is 5.30. The van der Waals surface area contributed by atoms with E-state index in [-0.39, 0.29) is 11.5 Å². The summed E-state index contributed by atoms with van der Waals surface area (Å²) in [6, 6.07) is 9.24. The van der Waals surface area contributed by atoms with Gasteiger partial charge in [-0.25, -0.2) is 0 Å². The maximum atomic E-state index is 6.53. The first-order chi connectivity index (χ1) is 8.89. The molecule has 1 aromatic carbocycles. The van der Waals surface area contributed by atoms with Crippen molar-refractivity contribution in [3.8, 4) is 0 Å². The monoisotopic (exact) mass is 259 g/mol. The Balaban J connectivity index is 2.18. The van der Waals surface area contributed by atoms with Gasteiger partial charge < -0.3 is 5.73 Å². The average molecular weight is 259 g/mol. The molecule has 106 valence electrons. The molecule has 0 saturated heterocycles. The Hall–Kier alpha value is -0.820. The molecular weight excluding hydrogens is 230 g/mol. The lowest BCUT2D eigenvalue weighted by Crippen LogP contribution is -2.29. The van der Waals surface area contributed by atoms with E-state index in [1.807, 2.05) is 0 Å². The second-order valence-corrected chi connectivity index (χ2v) is 7.20. The van der Waals surface area contributed by atoms with Gasteiger partial charge >= 0.3 is 0 Å². The van der Waals surface area contributed by atoms with Crippen molar-refractivity contribution < 1.29 is 0 Å². The van der Waals surface area contributed by atoms with Gasteiger partial charge in [0, 0.05) is 6.04 Å². The molecule has 1 aliphatic carbocycles. The predicted molar refractivity (Wildman–Crippen MR) is 83.3 cm³/mol. The predicted octanol–water partition coefficient (Wildman–Crippen LogP) is 4.95. The first kappa shape index (κ1) is 14.6. The molecule has 1 unspecified atom stereocenters. The Labute approximate surface area is 118 Å². The van der Waals surface area contributed by atoms with E-state index in [0.717, 1.165) is 6.42 Å². The lowest BCUT2D eigenvalue weighted by atomic mass is 9.76. The van der Waals surface area contributed by atoms with Crippen molar-refractivity contribution >= 4 is 0 Å². The van der Waals surface area contributed by atoms with Gasteiger partial charge in [0.1, 0.15) is 0 Å². The molecule has 19 heavy (non-hydrogen) atoms. The quantitative estimate of drug-likeness (QED) is 0.813. The molecule has 0 aromatic heterocycles. The molecule has 0 heterocycles. The van der Waals surface area contributed by atoms with Crippen molar-refractivity contribution in [2.75, 3.05) is 0 Å². The Kier molecular flexibility index (Phi) is 4.06. The number of hydrogen-bond donors (Lipinski definition) is 1. The molecule has 1 atom stereocenters. The first-order valence-corrected chi connectivity index (χ1v) is 7.75. The molecule has 0 bridgehead atoms. The number of nitrogens with two attached hydrogens (primary N) is 1. The molecule has 0 amide bonds. The van der Waals surface area contributed by atoms with Crippen LogP contribution >= 0.6 is 0 Å². The third kappa shape index (κ3) is 2.86. The highest BCUT2D eigenvalue weighted by Gasteiger charge is 2.35. The number of hydrogen-bond acceptors (Lipinski definition) is 1. The Bertz CT molecular complexity index is 410. The first-order valence-electron chi connectivity index (χ1n) is 7.75. The fraction of sp³-hybridized carbons (Fsp3) is 0.667. The standard InChI is InChI=1S/C18H29N/c1-5-17(2,3)15-10-8-14(9-11-15)16(19)18(4)12-6-7-13-18/h8-11,16H,5-7,12-13,19H2,1-4H3. The SMILES string of the molecule is CCC(C)(C)c1ccc(C(N)C2(C)CCCC2)cc1. The Morgan fingerprint density at radius 3 is 2.16 bits per heavy atom. The second kappa shape index (κ2) is 5.28. The van der Waals surface area contributed by atoms with Crippen molar-refractivity contribution in [3.63, 3.8) is 0 Å². The minimum atomic E-state index is 0.189. The summed E-state index contributed by atoms with van der Waals surface area (Å²) < 4.78 is 0. The lowest BCUT2D eigenvalue weighted by molar-refractivity contribution is 0.265. The zero-order valence-electron chi connectivity index (χ0n) is 13.0. The summed E-state index contributed by atoms with van der Waals surface area (Å²) in [5.41, 5.74) is 9.82. The summed E-state index contributed by atoms with van der Waals surface area (Å²) in [6.45, 7) is 9.22. The van der Waals surface area contributed by atoms with Crippen LogP contribution in [0.25, 0.3) is 0 Å². The maximum Gasteiger partial charge on any atom is 0.0349 e. The summed E-state index contributed by atoms with van der Waals surface area (Å²) in [5.74, 6) is 0. The van der Waals surface area contributed by atoms with E-state index in [1.165, 1.54) is 36.8 Å². The van der Waals surface area contributed by atoms with Crippen LogP contribution in [0.2, 0.25) is 0 Å². The van der Waals surface area contributed by atoms with Gasteiger partial charge in [-0.05, 0) is 41.2 Å². The van der Waals surface area contributed by atoms with Crippen LogP contribution in [-0.4, -0.2) is 0 Å². The maximum absolute atomic E-state index is 6.53. The number of benzene rings is 1. The van der Waals surface area contributed by atoms with Crippen LogP contribution in [0.5, 0.6) is 0 Å². The van der Waals surface area contributed by atoms with Gasteiger partial charge in [0.2, 0.25) is 0 Å². The smallest absolute Gasteiger partial charge is 0.0349 e. The van der Waals surface area contributed by atoms with E-state index in [9.17, 15) is 0 Å². The largest absolute Gasteiger partial charge is 0.323 e. The summed E-state index contributed by atoms with van der Waals surface area (Å²) >= 11 is 0. The molecule has 1 heteroatoms. The molecule has 1 fully saturated rings. The Morgan fingerprint density at radius 1 is 1.16 bits per heavy atom. The van der Waals surface area contributed by atoms with Crippen LogP contribution in [0.15, 0.2) is 24.3 Å². The van der Waals surface area contributed by atoms with Gasteiger partial charge in [-0.2, -0.15) is 0 Å². The molecule has 1 nitrogen and oxygen atoms in total. The fourth-order valence-corrected chi connectivity index (χ4v) is 3.24. The zero-order valence-corrected chi connectivity index (χ0v) is 13.0. The molecule has 0 spiro atoms. The summed E-state index contributed by atoms with van der Waals surface area (Å²) in [7, 11) is 0. The van der Waals surface area contributed by atoms with Gasteiger partial charge in [-0.1, -0.05) is 64.8 Å². The van der Waals surface area contributed by atoms with Crippen molar-refractivity contribution in [3.05, 3.63) is 35.4 Å². The molecule has 0 aliphatic heterocycles. The van der Waals surface area contributed by atoms with Crippen LogP contribution < -0.4 is 5.73 Å². The van der Waals surface area contributed by atoms with Gasteiger partial charge in [0.25, 0.3) is 0 Å². The highest BCUT2D eigenvalue weighted by atomic mass is 14.7. The van der Waals surface area contributed by atoms with Crippen LogP contribution in [0.4, 0.5) is 0 Å².